The summed E-state index contributed by atoms with van der Waals surface area (Å²) in [5.41, 5.74) is 1.14. The van der Waals surface area contributed by atoms with Crippen LogP contribution in [0.5, 0.6) is 11.5 Å². The second-order valence-electron chi connectivity index (χ2n) is 7.50. The number of carbonyl (C=O) groups excluding carboxylic acids is 1. The van der Waals surface area contributed by atoms with Crippen molar-refractivity contribution in [1.29, 1.82) is 5.26 Å². The molecule has 1 aliphatic rings. The topological polar surface area (TPSA) is 71.3 Å². The SMILES string of the molecule is CCOc1cc(/C=C(\C#N)C(=O)NC2CCCCC2)ccc1OCc1ccccc1F. The third kappa shape index (κ3) is 6.32. The van der Waals surface area contributed by atoms with Crippen LogP contribution in [0.4, 0.5) is 4.39 Å². The summed E-state index contributed by atoms with van der Waals surface area (Å²) in [7, 11) is 0. The zero-order valence-corrected chi connectivity index (χ0v) is 17.7. The molecule has 0 aliphatic heterocycles. The molecule has 1 fully saturated rings. The highest BCUT2D eigenvalue weighted by Gasteiger charge is 2.18. The lowest BCUT2D eigenvalue weighted by atomic mass is 9.95. The number of benzene rings is 2. The van der Waals surface area contributed by atoms with Gasteiger partial charge in [-0.3, -0.25) is 4.79 Å². The molecular formula is C25H27FN2O3. The predicted molar refractivity (Wildman–Crippen MR) is 117 cm³/mol. The lowest BCUT2D eigenvalue weighted by Crippen LogP contribution is -2.36. The lowest BCUT2D eigenvalue weighted by molar-refractivity contribution is -0.117. The molecule has 0 spiro atoms. The monoisotopic (exact) mass is 422 g/mol. The highest BCUT2D eigenvalue weighted by Crippen LogP contribution is 2.30. The fourth-order valence-electron chi connectivity index (χ4n) is 3.60. The van der Waals surface area contributed by atoms with Gasteiger partial charge in [0.2, 0.25) is 0 Å². The lowest BCUT2D eigenvalue weighted by Gasteiger charge is -2.22. The summed E-state index contributed by atoms with van der Waals surface area (Å²) in [6, 6.07) is 13.7. The number of carbonyl (C=O) groups is 1. The summed E-state index contributed by atoms with van der Waals surface area (Å²) in [5, 5.41) is 12.4. The molecule has 3 rings (SSSR count). The molecule has 0 unspecified atom stereocenters. The van der Waals surface area contributed by atoms with Gasteiger partial charge in [-0.2, -0.15) is 5.26 Å². The number of nitriles is 1. The molecule has 1 N–H and O–H groups in total. The minimum Gasteiger partial charge on any atom is -0.490 e. The Morgan fingerprint density at radius 2 is 1.94 bits per heavy atom. The van der Waals surface area contributed by atoms with Crippen LogP contribution in [0.25, 0.3) is 6.08 Å². The Hall–Kier alpha value is -3.33. The summed E-state index contributed by atoms with van der Waals surface area (Å²) in [4.78, 5) is 12.5. The Kier molecular flexibility index (Phi) is 8.05. The highest BCUT2D eigenvalue weighted by atomic mass is 19.1. The molecule has 0 aromatic heterocycles. The van der Waals surface area contributed by atoms with Gasteiger partial charge < -0.3 is 14.8 Å². The van der Waals surface area contributed by atoms with Crippen LogP contribution in [0, 0.1) is 17.1 Å². The predicted octanol–water partition coefficient (Wildman–Crippen LogP) is 5.16. The van der Waals surface area contributed by atoms with Crippen LogP contribution in [0.15, 0.2) is 48.0 Å². The number of halogens is 1. The van der Waals surface area contributed by atoms with E-state index >= 15 is 0 Å². The largest absolute Gasteiger partial charge is 0.490 e. The van der Waals surface area contributed by atoms with E-state index < -0.39 is 0 Å². The normalized spacial score (nSPS) is 14.5. The number of nitrogens with zero attached hydrogens (tertiary/aromatic N) is 1. The van der Waals surface area contributed by atoms with Crippen LogP contribution in [0.2, 0.25) is 0 Å². The average molecular weight is 423 g/mol. The van der Waals surface area contributed by atoms with Gasteiger partial charge in [-0.15, -0.1) is 0 Å². The Morgan fingerprint density at radius 3 is 2.65 bits per heavy atom. The fraction of sp³-hybridized carbons (Fsp3) is 0.360. The van der Waals surface area contributed by atoms with Gasteiger partial charge >= 0.3 is 0 Å². The van der Waals surface area contributed by atoms with Crippen LogP contribution in [-0.4, -0.2) is 18.6 Å². The van der Waals surface area contributed by atoms with E-state index in [-0.39, 0.29) is 29.9 Å². The molecule has 0 heterocycles. The maximum absolute atomic E-state index is 13.8. The molecule has 2 aromatic rings. The maximum Gasteiger partial charge on any atom is 0.262 e. The fourth-order valence-corrected chi connectivity index (χ4v) is 3.60. The van der Waals surface area contributed by atoms with Gasteiger partial charge in [-0.1, -0.05) is 43.5 Å². The maximum atomic E-state index is 13.8. The molecule has 0 radical (unpaired) electrons. The molecule has 2 aromatic carbocycles. The Morgan fingerprint density at radius 1 is 1.16 bits per heavy atom. The van der Waals surface area contributed by atoms with E-state index in [9.17, 15) is 14.4 Å². The molecule has 1 aliphatic carbocycles. The van der Waals surface area contributed by atoms with Crippen molar-refractivity contribution in [3.63, 3.8) is 0 Å². The third-order valence-electron chi connectivity index (χ3n) is 5.23. The Bertz CT molecular complexity index is 975. The third-order valence-corrected chi connectivity index (χ3v) is 5.23. The highest BCUT2D eigenvalue weighted by molar-refractivity contribution is 6.01. The molecule has 0 saturated heterocycles. The molecule has 0 atom stereocenters. The Labute approximate surface area is 182 Å². The van der Waals surface area contributed by atoms with Crippen molar-refractivity contribution in [2.45, 2.75) is 51.7 Å². The molecule has 1 amide bonds. The van der Waals surface area contributed by atoms with Gasteiger partial charge in [0.25, 0.3) is 5.91 Å². The van der Waals surface area contributed by atoms with Gasteiger partial charge in [-0.25, -0.2) is 4.39 Å². The van der Waals surface area contributed by atoms with Gasteiger partial charge in [0.15, 0.2) is 11.5 Å². The average Bonchev–Trinajstić information content (AvgIpc) is 2.78. The molecule has 0 bridgehead atoms. The quantitative estimate of drug-likeness (QED) is 0.471. The van der Waals surface area contributed by atoms with Gasteiger partial charge in [0.1, 0.15) is 24.1 Å². The van der Waals surface area contributed by atoms with Crippen molar-refractivity contribution >= 4 is 12.0 Å². The number of rotatable bonds is 8. The van der Waals surface area contributed by atoms with Crippen LogP contribution in [-0.2, 0) is 11.4 Å². The van der Waals surface area contributed by atoms with E-state index in [4.69, 9.17) is 9.47 Å². The molecule has 162 valence electrons. The molecule has 31 heavy (non-hydrogen) atoms. The van der Waals surface area contributed by atoms with Crippen molar-refractivity contribution in [3.05, 3.63) is 65.0 Å². The van der Waals surface area contributed by atoms with E-state index in [0.29, 0.717) is 29.2 Å². The molecular weight excluding hydrogens is 395 g/mol. The second-order valence-corrected chi connectivity index (χ2v) is 7.50. The zero-order valence-electron chi connectivity index (χ0n) is 17.7. The van der Waals surface area contributed by atoms with E-state index in [0.717, 1.165) is 25.7 Å². The summed E-state index contributed by atoms with van der Waals surface area (Å²) < 4.78 is 25.3. The number of hydrogen-bond donors (Lipinski definition) is 1. The minimum atomic E-state index is -0.354. The summed E-state index contributed by atoms with van der Waals surface area (Å²) in [5.74, 6) is 0.250. The van der Waals surface area contributed by atoms with E-state index in [1.54, 1.807) is 42.5 Å². The van der Waals surface area contributed by atoms with Crippen molar-refractivity contribution in [2.75, 3.05) is 6.61 Å². The summed E-state index contributed by atoms with van der Waals surface area (Å²) >= 11 is 0. The van der Waals surface area contributed by atoms with Crippen LogP contribution in [0.1, 0.15) is 50.2 Å². The van der Waals surface area contributed by atoms with Gasteiger partial charge in [0, 0.05) is 11.6 Å². The van der Waals surface area contributed by atoms with Crippen molar-refractivity contribution in [2.24, 2.45) is 0 Å². The minimum absolute atomic E-state index is 0.0491. The number of amides is 1. The van der Waals surface area contributed by atoms with Gasteiger partial charge in [-0.05, 0) is 49.6 Å². The smallest absolute Gasteiger partial charge is 0.262 e. The van der Waals surface area contributed by atoms with Crippen LogP contribution in [0.3, 0.4) is 0 Å². The standard InChI is InChI=1S/C25H27FN2O3/c1-2-30-24-15-18(12-13-23(24)31-17-19-8-6-7-11-22(19)26)14-20(16-27)25(29)28-21-9-4-3-5-10-21/h6-8,11-15,21H,2-5,9-10,17H2,1H3,(H,28,29)/b20-14+. The van der Waals surface area contributed by atoms with E-state index in [1.807, 2.05) is 13.0 Å². The molecule has 6 heteroatoms. The first-order valence-corrected chi connectivity index (χ1v) is 10.7. The summed E-state index contributed by atoms with van der Waals surface area (Å²) in [6.45, 7) is 2.33. The first kappa shape index (κ1) is 22.4. The van der Waals surface area contributed by atoms with Crippen molar-refractivity contribution in [1.82, 2.24) is 5.32 Å². The Balaban J connectivity index is 1.74. The zero-order chi connectivity index (χ0) is 22.1. The second kappa shape index (κ2) is 11.2. The first-order chi connectivity index (χ1) is 15.1. The number of nitrogens with one attached hydrogen (secondary N) is 1. The molecule has 5 nitrogen and oxygen atoms in total. The van der Waals surface area contributed by atoms with Crippen LogP contribution >= 0.6 is 0 Å². The molecule has 1 saturated carbocycles. The first-order valence-electron chi connectivity index (χ1n) is 10.7. The summed E-state index contributed by atoms with van der Waals surface area (Å²) in [6.07, 6.45) is 6.84. The van der Waals surface area contributed by atoms with Crippen molar-refractivity contribution in [3.8, 4) is 17.6 Å². The van der Waals surface area contributed by atoms with Gasteiger partial charge in [0.05, 0.1) is 6.61 Å². The number of ether oxygens (including phenoxy) is 2. The number of hydrogen-bond acceptors (Lipinski definition) is 4. The van der Waals surface area contributed by atoms with Crippen LogP contribution < -0.4 is 14.8 Å². The van der Waals surface area contributed by atoms with E-state index in [1.165, 1.54) is 12.5 Å². The van der Waals surface area contributed by atoms with Crippen molar-refractivity contribution < 1.29 is 18.7 Å². The van der Waals surface area contributed by atoms with E-state index in [2.05, 4.69) is 5.32 Å².